The number of nitrogen functional groups attached to an aromatic ring is 1. The van der Waals surface area contributed by atoms with Crippen molar-refractivity contribution in [2.45, 2.75) is 19.3 Å². The zero-order chi connectivity index (χ0) is 18.4. The van der Waals surface area contributed by atoms with Gasteiger partial charge in [0.15, 0.2) is 5.13 Å². The molecular weight excluding hydrogens is 353 g/mol. The van der Waals surface area contributed by atoms with Crippen LogP contribution in [0.15, 0.2) is 24.3 Å². The Hall–Kier alpha value is -1.84. The summed E-state index contributed by atoms with van der Waals surface area (Å²) in [5.74, 6) is -0.259. The van der Waals surface area contributed by atoms with Crippen molar-refractivity contribution in [1.82, 2.24) is 15.2 Å². The zero-order valence-corrected chi connectivity index (χ0v) is 14.9. The van der Waals surface area contributed by atoms with E-state index in [0.29, 0.717) is 22.9 Å². The summed E-state index contributed by atoms with van der Waals surface area (Å²) in [5, 5.41) is 3.54. The fourth-order valence-electron chi connectivity index (χ4n) is 2.37. The first kappa shape index (κ1) is 19.5. The van der Waals surface area contributed by atoms with E-state index in [0.717, 1.165) is 24.4 Å². The summed E-state index contributed by atoms with van der Waals surface area (Å²) in [6, 6.07) is 5.66. The first-order valence-electron chi connectivity index (χ1n) is 7.73. The average Bonchev–Trinajstić information content (AvgIpc) is 2.87. The summed E-state index contributed by atoms with van der Waals surface area (Å²) in [7, 11) is 3.92. The van der Waals surface area contributed by atoms with Crippen molar-refractivity contribution < 1.29 is 17.9 Å². The molecule has 3 N–H and O–H groups in total. The molecule has 138 valence electrons. The van der Waals surface area contributed by atoms with Gasteiger partial charge in [-0.1, -0.05) is 0 Å². The molecule has 0 aliphatic rings. The topological polar surface area (TPSA) is 63.4 Å². The molecule has 0 radical (unpaired) electrons. The highest BCUT2D eigenvalue weighted by molar-refractivity contribution is 7.15. The van der Waals surface area contributed by atoms with Crippen molar-refractivity contribution in [3.63, 3.8) is 0 Å². The molecule has 0 amide bonds. The number of hydrogen-bond acceptors (Lipinski definition) is 6. The van der Waals surface area contributed by atoms with Gasteiger partial charge >= 0.3 is 6.36 Å². The fourth-order valence-corrected chi connectivity index (χ4v) is 3.30. The third-order valence-corrected chi connectivity index (χ3v) is 4.32. The van der Waals surface area contributed by atoms with Crippen LogP contribution in [0.1, 0.15) is 11.3 Å². The summed E-state index contributed by atoms with van der Waals surface area (Å²) >= 11 is 1.39. The molecular formula is C16H21F3N4OS. The maximum Gasteiger partial charge on any atom is 0.573 e. The van der Waals surface area contributed by atoms with Gasteiger partial charge in [0.25, 0.3) is 0 Å². The van der Waals surface area contributed by atoms with Crippen LogP contribution in [-0.2, 0) is 6.54 Å². The molecule has 0 bridgehead atoms. The number of nitrogens with one attached hydrogen (secondary N) is 1. The smallest absolute Gasteiger partial charge is 0.406 e. The molecule has 5 nitrogen and oxygen atoms in total. The number of nitrogens with two attached hydrogens (primary N) is 1. The Labute approximate surface area is 148 Å². The summed E-state index contributed by atoms with van der Waals surface area (Å²) in [6.07, 6.45) is -3.69. The van der Waals surface area contributed by atoms with Crippen molar-refractivity contribution >= 4 is 16.5 Å². The molecule has 0 saturated heterocycles. The summed E-state index contributed by atoms with van der Waals surface area (Å²) in [5.41, 5.74) is 7.24. The number of benzene rings is 1. The van der Waals surface area contributed by atoms with Crippen LogP contribution in [0.4, 0.5) is 18.3 Å². The number of anilines is 1. The quantitative estimate of drug-likeness (QED) is 0.694. The number of aromatic nitrogens is 1. The minimum atomic E-state index is -4.70. The molecule has 0 fully saturated rings. The molecule has 2 aromatic rings. The highest BCUT2D eigenvalue weighted by atomic mass is 32.1. The van der Waals surface area contributed by atoms with Gasteiger partial charge in [-0.25, -0.2) is 4.98 Å². The maximum atomic E-state index is 12.2. The van der Waals surface area contributed by atoms with Gasteiger partial charge in [0.2, 0.25) is 0 Å². The average molecular weight is 374 g/mol. The number of thiazole rings is 1. The Bertz CT molecular complexity index is 673. The van der Waals surface area contributed by atoms with Gasteiger partial charge in [0.05, 0.1) is 5.69 Å². The van der Waals surface area contributed by atoms with Crippen LogP contribution in [0.2, 0.25) is 0 Å². The van der Waals surface area contributed by atoms with Crippen molar-refractivity contribution in [1.29, 1.82) is 0 Å². The van der Waals surface area contributed by atoms with Crippen molar-refractivity contribution in [2.75, 3.05) is 32.9 Å². The van der Waals surface area contributed by atoms with Gasteiger partial charge in [0.1, 0.15) is 5.75 Å². The van der Waals surface area contributed by atoms with Crippen molar-refractivity contribution in [2.24, 2.45) is 0 Å². The monoisotopic (exact) mass is 374 g/mol. The summed E-state index contributed by atoms with van der Waals surface area (Å²) < 4.78 is 40.6. The molecule has 25 heavy (non-hydrogen) atoms. The molecule has 1 heterocycles. The van der Waals surface area contributed by atoms with E-state index in [2.05, 4.69) is 19.9 Å². The number of rotatable bonds is 8. The third kappa shape index (κ3) is 6.18. The van der Waals surface area contributed by atoms with Gasteiger partial charge in [-0.05, 0) is 57.9 Å². The predicted molar refractivity (Wildman–Crippen MR) is 93.5 cm³/mol. The highest BCUT2D eigenvalue weighted by Gasteiger charge is 2.31. The lowest BCUT2D eigenvalue weighted by Gasteiger charge is -2.16. The molecule has 0 unspecified atom stereocenters. The van der Waals surface area contributed by atoms with Gasteiger partial charge in [-0.15, -0.1) is 24.5 Å². The third-order valence-electron chi connectivity index (χ3n) is 3.46. The molecule has 0 atom stereocenters. The molecule has 9 heteroatoms. The van der Waals surface area contributed by atoms with Crippen LogP contribution in [0.3, 0.4) is 0 Å². The number of hydrogen-bond donors (Lipinski definition) is 2. The minimum Gasteiger partial charge on any atom is -0.406 e. The molecule has 1 aromatic carbocycles. The van der Waals surface area contributed by atoms with Crippen LogP contribution in [0, 0.1) is 0 Å². The van der Waals surface area contributed by atoms with Gasteiger partial charge in [0, 0.05) is 17.0 Å². The van der Waals surface area contributed by atoms with E-state index in [4.69, 9.17) is 5.73 Å². The Balaban J connectivity index is 2.11. The van der Waals surface area contributed by atoms with E-state index in [1.165, 1.54) is 23.5 Å². The lowest BCUT2D eigenvalue weighted by Crippen LogP contribution is -2.22. The first-order chi connectivity index (χ1) is 11.8. The lowest BCUT2D eigenvalue weighted by molar-refractivity contribution is -0.274. The fraction of sp³-hybridized carbons (Fsp3) is 0.438. The zero-order valence-electron chi connectivity index (χ0n) is 14.1. The second-order valence-corrected chi connectivity index (χ2v) is 6.71. The molecule has 1 aromatic heterocycles. The number of nitrogens with zero attached hydrogens (tertiary/aromatic N) is 2. The number of alkyl halides is 3. The Morgan fingerprint density at radius 1 is 1.28 bits per heavy atom. The lowest BCUT2D eigenvalue weighted by atomic mass is 10.1. The maximum absolute atomic E-state index is 12.2. The highest BCUT2D eigenvalue weighted by Crippen LogP contribution is 2.32. The Morgan fingerprint density at radius 3 is 2.56 bits per heavy atom. The number of ether oxygens (including phenoxy) is 1. The summed E-state index contributed by atoms with van der Waals surface area (Å²) in [6.45, 7) is 2.52. The molecule has 0 saturated carbocycles. The van der Waals surface area contributed by atoms with Crippen LogP contribution in [0.25, 0.3) is 11.3 Å². The first-order valence-corrected chi connectivity index (χ1v) is 8.54. The molecule has 2 rings (SSSR count). The van der Waals surface area contributed by atoms with E-state index in [-0.39, 0.29) is 5.75 Å². The predicted octanol–water partition coefficient (Wildman–Crippen LogP) is 3.33. The van der Waals surface area contributed by atoms with Gasteiger partial charge in [-0.2, -0.15) is 0 Å². The van der Waals surface area contributed by atoms with E-state index in [1.807, 2.05) is 14.1 Å². The van der Waals surface area contributed by atoms with Crippen LogP contribution in [-0.4, -0.2) is 43.4 Å². The van der Waals surface area contributed by atoms with Crippen LogP contribution >= 0.6 is 11.3 Å². The van der Waals surface area contributed by atoms with Crippen molar-refractivity contribution in [3.05, 3.63) is 29.1 Å². The molecule has 0 spiro atoms. The van der Waals surface area contributed by atoms with E-state index < -0.39 is 6.36 Å². The van der Waals surface area contributed by atoms with E-state index in [9.17, 15) is 13.2 Å². The second kappa shape index (κ2) is 8.50. The van der Waals surface area contributed by atoms with Crippen LogP contribution < -0.4 is 15.8 Å². The van der Waals surface area contributed by atoms with Gasteiger partial charge < -0.3 is 20.7 Å². The Morgan fingerprint density at radius 2 is 1.96 bits per heavy atom. The Kier molecular flexibility index (Phi) is 6.63. The summed E-state index contributed by atoms with van der Waals surface area (Å²) in [4.78, 5) is 7.47. The largest absolute Gasteiger partial charge is 0.573 e. The van der Waals surface area contributed by atoms with E-state index >= 15 is 0 Å². The SMILES string of the molecule is CNCCCN(C)Cc1sc(N)nc1-c1ccc(OC(F)(F)F)cc1. The van der Waals surface area contributed by atoms with Crippen LogP contribution in [0.5, 0.6) is 5.75 Å². The number of halogens is 3. The normalized spacial score (nSPS) is 11.9. The van der Waals surface area contributed by atoms with Gasteiger partial charge in [-0.3, -0.25) is 0 Å². The molecule has 0 aliphatic carbocycles. The van der Waals surface area contributed by atoms with Crippen molar-refractivity contribution in [3.8, 4) is 17.0 Å². The standard InChI is InChI=1S/C16H21F3N4OS/c1-21-8-3-9-23(2)10-13-14(22-15(20)25-13)11-4-6-12(7-5-11)24-16(17,18)19/h4-7,21H,3,8-10H2,1-2H3,(H2,20,22). The molecule has 0 aliphatic heterocycles. The minimum absolute atomic E-state index is 0.259. The second-order valence-electron chi connectivity index (χ2n) is 5.59. The van der Waals surface area contributed by atoms with E-state index in [1.54, 1.807) is 12.1 Å².